The molecule has 0 fully saturated rings. The van der Waals surface area contributed by atoms with Crippen LogP contribution in [0.25, 0.3) is 0 Å². The van der Waals surface area contributed by atoms with Crippen LogP contribution >= 0.6 is 0 Å². The molecule has 1 amide bonds. The summed E-state index contributed by atoms with van der Waals surface area (Å²) in [6.45, 7) is 1.32. The van der Waals surface area contributed by atoms with E-state index in [0.29, 0.717) is 0 Å². The molecular weight excluding hydrogens is 234 g/mol. The summed E-state index contributed by atoms with van der Waals surface area (Å²) in [4.78, 5) is 23.5. The van der Waals surface area contributed by atoms with E-state index in [2.05, 4.69) is 9.71 Å². The number of hydrogen-bond donors (Lipinski definition) is 3. The van der Waals surface area contributed by atoms with E-state index in [1.165, 1.54) is 6.92 Å². The molecule has 1 unspecified atom stereocenters. The summed E-state index contributed by atoms with van der Waals surface area (Å²) >= 11 is 0. The van der Waals surface area contributed by atoms with Gasteiger partial charge in [0.2, 0.25) is 21.5 Å². The molecule has 1 atom stereocenters. The fraction of sp³-hybridized carbons (Fsp3) is 0.250. The second-order valence-electron chi connectivity index (χ2n) is 3.13. The monoisotopic (exact) mass is 245 g/mol. The van der Waals surface area contributed by atoms with Gasteiger partial charge in [0.05, 0.1) is 10.9 Å². The molecule has 0 aromatic carbocycles. The van der Waals surface area contributed by atoms with Gasteiger partial charge in [0.15, 0.2) is 0 Å². The Hall–Kier alpha value is -1.67. The Morgan fingerprint density at radius 1 is 1.50 bits per heavy atom. The van der Waals surface area contributed by atoms with E-state index >= 15 is 0 Å². The van der Waals surface area contributed by atoms with Gasteiger partial charge < -0.3 is 10.7 Å². The number of H-pyrrole nitrogens is 1. The zero-order chi connectivity index (χ0) is 12.3. The molecule has 1 rings (SSSR count). The molecule has 0 saturated heterocycles. The number of nitrogens with one attached hydrogen (secondary N) is 2. The first kappa shape index (κ1) is 12.4. The van der Waals surface area contributed by atoms with Crippen molar-refractivity contribution in [3.63, 3.8) is 0 Å². The van der Waals surface area contributed by atoms with Crippen LogP contribution < -0.4 is 16.0 Å². The Bertz CT molecular complexity index is 528. The van der Waals surface area contributed by atoms with E-state index in [9.17, 15) is 18.0 Å². The molecule has 0 aliphatic rings. The Morgan fingerprint density at radius 3 is 2.56 bits per heavy atom. The van der Waals surface area contributed by atoms with Gasteiger partial charge in [-0.2, -0.15) is 4.72 Å². The summed E-state index contributed by atoms with van der Waals surface area (Å²) in [6.07, 6.45) is 1.04. The number of rotatable bonds is 4. The smallest absolute Gasteiger partial charge is 0.247 e. The van der Waals surface area contributed by atoms with Crippen LogP contribution in [0.2, 0.25) is 0 Å². The van der Waals surface area contributed by atoms with Crippen LogP contribution in [0, 0.1) is 0 Å². The van der Waals surface area contributed by atoms with Crippen molar-refractivity contribution in [1.82, 2.24) is 9.71 Å². The topological polar surface area (TPSA) is 122 Å². The van der Waals surface area contributed by atoms with Gasteiger partial charge in [-0.1, -0.05) is 0 Å². The molecule has 1 aromatic heterocycles. The fourth-order valence-electron chi connectivity index (χ4n) is 0.922. The van der Waals surface area contributed by atoms with Crippen LogP contribution in [-0.4, -0.2) is 25.4 Å². The number of carbonyl (C=O) groups excluding carboxylic acids is 1. The van der Waals surface area contributed by atoms with E-state index in [-0.39, 0.29) is 4.90 Å². The number of carbonyl (C=O) groups is 1. The van der Waals surface area contributed by atoms with Crippen molar-refractivity contribution in [3.8, 4) is 0 Å². The predicted octanol–water partition coefficient (Wildman–Crippen LogP) is -1.47. The number of aromatic nitrogens is 1. The number of pyridine rings is 1. The van der Waals surface area contributed by atoms with Crippen LogP contribution in [-0.2, 0) is 14.8 Å². The van der Waals surface area contributed by atoms with Crippen LogP contribution in [0.15, 0.2) is 28.0 Å². The van der Waals surface area contributed by atoms with Crippen LogP contribution in [0.4, 0.5) is 0 Å². The summed E-state index contributed by atoms with van der Waals surface area (Å²) in [7, 11) is -3.84. The zero-order valence-electron chi connectivity index (χ0n) is 8.43. The molecule has 1 aromatic rings. The van der Waals surface area contributed by atoms with Gasteiger partial charge in [-0.15, -0.1) is 0 Å². The lowest BCUT2D eigenvalue weighted by Gasteiger charge is -2.10. The third-order valence-corrected chi connectivity index (χ3v) is 3.36. The molecule has 0 aliphatic heterocycles. The third-order valence-electron chi connectivity index (χ3n) is 1.82. The van der Waals surface area contributed by atoms with E-state index < -0.39 is 27.5 Å². The first-order valence-corrected chi connectivity index (χ1v) is 5.81. The largest absolute Gasteiger partial charge is 0.368 e. The molecule has 0 saturated carbocycles. The highest BCUT2D eigenvalue weighted by molar-refractivity contribution is 7.89. The lowest BCUT2D eigenvalue weighted by molar-refractivity contribution is -0.119. The molecular formula is C8H11N3O4S. The predicted molar refractivity (Wildman–Crippen MR) is 56.0 cm³/mol. The van der Waals surface area contributed by atoms with Gasteiger partial charge in [0.25, 0.3) is 0 Å². The van der Waals surface area contributed by atoms with Crippen molar-refractivity contribution in [2.24, 2.45) is 5.73 Å². The SMILES string of the molecule is CC(NS(=O)(=O)c1ccc(=O)[nH]c1)C(N)=O. The van der Waals surface area contributed by atoms with E-state index in [0.717, 1.165) is 18.3 Å². The standard InChI is InChI=1S/C8H11N3O4S/c1-5(8(9)13)11-16(14,15)6-2-3-7(12)10-4-6/h2-5,11H,1H3,(H2,9,13)(H,10,12). The first-order chi connectivity index (χ1) is 7.33. The molecule has 4 N–H and O–H groups in total. The molecule has 0 spiro atoms. The van der Waals surface area contributed by atoms with Gasteiger partial charge in [0, 0.05) is 12.3 Å². The highest BCUT2D eigenvalue weighted by Crippen LogP contribution is 2.04. The maximum atomic E-state index is 11.6. The minimum absolute atomic E-state index is 0.139. The van der Waals surface area contributed by atoms with Gasteiger partial charge in [-0.25, -0.2) is 8.42 Å². The number of primary amides is 1. The third kappa shape index (κ3) is 2.91. The Morgan fingerprint density at radius 2 is 2.12 bits per heavy atom. The second-order valence-corrected chi connectivity index (χ2v) is 4.85. The molecule has 0 aliphatic carbocycles. The molecule has 88 valence electrons. The maximum Gasteiger partial charge on any atom is 0.247 e. The van der Waals surface area contributed by atoms with E-state index in [4.69, 9.17) is 5.73 Å². The van der Waals surface area contributed by atoms with Crippen molar-refractivity contribution in [1.29, 1.82) is 0 Å². The Kier molecular flexibility index (Phi) is 3.45. The quantitative estimate of drug-likeness (QED) is 0.599. The Balaban J connectivity index is 2.99. The Labute approximate surface area is 91.7 Å². The fourth-order valence-corrected chi connectivity index (χ4v) is 2.10. The molecule has 8 heteroatoms. The number of sulfonamides is 1. The van der Waals surface area contributed by atoms with Crippen molar-refractivity contribution in [2.75, 3.05) is 0 Å². The molecule has 1 heterocycles. The molecule has 0 bridgehead atoms. The summed E-state index contributed by atoms with van der Waals surface area (Å²) in [5, 5.41) is 0. The second kappa shape index (κ2) is 4.45. The van der Waals surface area contributed by atoms with Gasteiger partial charge in [0.1, 0.15) is 0 Å². The summed E-state index contributed by atoms with van der Waals surface area (Å²) in [6, 6.07) is 1.19. The summed E-state index contributed by atoms with van der Waals surface area (Å²) in [5.74, 6) is -0.784. The minimum Gasteiger partial charge on any atom is -0.368 e. The van der Waals surface area contributed by atoms with Crippen molar-refractivity contribution >= 4 is 15.9 Å². The number of aromatic amines is 1. The number of amides is 1. The van der Waals surface area contributed by atoms with Crippen molar-refractivity contribution in [3.05, 3.63) is 28.7 Å². The van der Waals surface area contributed by atoms with Gasteiger partial charge in [-0.05, 0) is 13.0 Å². The number of hydrogen-bond acceptors (Lipinski definition) is 4. The van der Waals surface area contributed by atoms with Gasteiger partial charge in [-0.3, -0.25) is 9.59 Å². The van der Waals surface area contributed by atoms with Crippen LogP contribution in [0.1, 0.15) is 6.92 Å². The molecule has 16 heavy (non-hydrogen) atoms. The maximum absolute atomic E-state index is 11.6. The average molecular weight is 245 g/mol. The zero-order valence-corrected chi connectivity index (χ0v) is 9.24. The van der Waals surface area contributed by atoms with Crippen molar-refractivity contribution < 1.29 is 13.2 Å². The lowest BCUT2D eigenvalue weighted by Crippen LogP contribution is -2.42. The van der Waals surface area contributed by atoms with Crippen molar-refractivity contribution in [2.45, 2.75) is 17.9 Å². The summed E-state index contributed by atoms with van der Waals surface area (Å²) in [5.41, 5.74) is 4.51. The lowest BCUT2D eigenvalue weighted by atomic mass is 10.4. The van der Waals surface area contributed by atoms with E-state index in [1.807, 2.05) is 0 Å². The molecule has 7 nitrogen and oxygen atoms in total. The summed E-state index contributed by atoms with van der Waals surface area (Å²) < 4.78 is 25.3. The van der Waals surface area contributed by atoms with Gasteiger partial charge >= 0.3 is 0 Å². The first-order valence-electron chi connectivity index (χ1n) is 4.33. The number of nitrogens with two attached hydrogens (primary N) is 1. The average Bonchev–Trinajstić information content (AvgIpc) is 2.17. The highest BCUT2D eigenvalue weighted by Gasteiger charge is 2.20. The van der Waals surface area contributed by atoms with E-state index in [1.54, 1.807) is 0 Å². The minimum atomic E-state index is -3.84. The van der Waals surface area contributed by atoms with Crippen LogP contribution in [0.5, 0.6) is 0 Å². The normalized spacial score (nSPS) is 13.3. The van der Waals surface area contributed by atoms with Crippen LogP contribution in [0.3, 0.4) is 0 Å². The molecule has 0 radical (unpaired) electrons. The highest BCUT2D eigenvalue weighted by atomic mass is 32.2.